The number of nitrogens with zero attached hydrogens (tertiary/aromatic N) is 2. The highest BCUT2D eigenvalue weighted by Crippen LogP contribution is 2.17. The van der Waals surface area contributed by atoms with E-state index in [1.807, 2.05) is 4.90 Å². The van der Waals surface area contributed by atoms with Crippen LogP contribution in [0.2, 0.25) is 0 Å². The zero-order valence-corrected chi connectivity index (χ0v) is 11.1. The first-order chi connectivity index (χ1) is 8.70. The summed E-state index contributed by atoms with van der Waals surface area (Å²) in [5.74, 6) is 0.196. The van der Waals surface area contributed by atoms with Gasteiger partial charge in [-0.05, 0) is 31.7 Å². The number of nitrogens with one attached hydrogen (secondary N) is 1. The van der Waals surface area contributed by atoms with E-state index in [0.717, 1.165) is 26.2 Å². The van der Waals surface area contributed by atoms with Crippen LogP contribution < -0.4 is 10.2 Å². The van der Waals surface area contributed by atoms with Gasteiger partial charge in [-0.15, -0.1) is 0 Å². The molecule has 0 radical (unpaired) electrons. The maximum absolute atomic E-state index is 11.7. The molecule has 1 amide bonds. The fourth-order valence-corrected chi connectivity index (χ4v) is 2.30. The molecule has 4 nitrogen and oxygen atoms in total. The molecule has 1 aromatic carbocycles. The summed E-state index contributed by atoms with van der Waals surface area (Å²) in [6, 6.07) is 8.53. The molecule has 1 fully saturated rings. The molecule has 0 aromatic heterocycles. The van der Waals surface area contributed by atoms with Crippen molar-refractivity contribution in [2.75, 3.05) is 44.7 Å². The molecule has 1 N–H and O–H groups in total. The number of carbonyl (C=O) groups excluding carboxylic acids is 1. The second kappa shape index (κ2) is 5.87. The van der Waals surface area contributed by atoms with E-state index >= 15 is 0 Å². The quantitative estimate of drug-likeness (QED) is 0.860. The minimum atomic E-state index is 0.196. The number of hydrogen-bond acceptors (Lipinski definition) is 3. The first-order valence-electron chi connectivity index (χ1n) is 6.44. The molecule has 1 aliphatic heterocycles. The van der Waals surface area contributed by atoms with Gasteiger partial charge in [0.1, 0.15) is 0 Å². The fourth-order valence-electron chi connectivity index (χ4n) is 2.30. The first-order valence-corrected chi connectivity index (χ1v) is 6.44. The Morgan fingerprint density at radius 3 is 2.61 bits per heavy atom. The summed E-state index contributed by atoms with van der Waals surface area (Å²) in [6.07, 6.45) is 0. The zero-order valence-electron chi connectivity index (χ0n) is 11.1. The Labute approximate surface area is 109 Å². The van der Waals surface area contributed by atoms with Crippen LogP contribution in [0.15, 0.2) is 24.3 Å². The first kappa shape index (κ1) is 12.9. The summed E-state index contributed by atoms with van der Waals surface area (Å²) >= 11 is 0. The van der Waals surface area contributed by atoms with Crippen LogP contribution >= 0.6 is 0 Å². The van der Waals surface area contributed by atoms with E-state index in [9.17, 15) is 4.79 Å². The van der Waals surface area contributed by atoms with Crippen LogP contribution in [0.4, 0.5) is 5.69 Å². The summed E-state index contributed by atoms with van der Waals surface area (Å²) in [4.78, 5) is 16.0. The molecule has 1 aliphatic rings. The summed E-state index contributed by atoms with van der Waals surface area (Å²) in [6.45, 7) is 6.00. The van der Waals surface area contributed by atoms with Crippen molar-refractivity contribution < 1.29 is 4.79 Å². The molecule has 98 valence electrons. The SMILES string of the molecule is CNCC(=O)N1CCN(c2cccc(C)c2)CC1. The maximum atomic E-state index is 11.7. The third kappa shape index (κ3) is 3.01. The predicted octanol–water partition coefficient (Wildman–Crippen LogP) is 0.863. The fraction of sp³-hybridized carbons (Fsp3) is 0.500. The molecule has 0 aliphatic carbocycles. The number of benzene rings is 1. The monoisotopic (exact) mass is 247 g/mol. The lowest BCUT2D eigenvalue weighted by atomic mass is 10.2. The Kier molecular flexibility index (Phi) is 4.20. The Morgan fingerprint density at radius 1 is 1.28 bits per heavy atom. The Balaban J connectivity index is 1.92. The largest absolute Gasteiger partial charge is 0.368 e. The smallest absolute Gasteiger partial charge is 0.236 e. The lowest BCUT2D eigenvalue weighted by Crippen LogP contribution is -2.50. The van der Waals surface area contributed by atoms with E-state index < -0.39 is 0 Å². The molecular weight excluding hydrogens is 226 g/mol. The average Bonchev–Trinajstić information content (AvgIpc) is 2.39. The third-order valence-electron chi connectivity index (χ3n) is 3.33. The Bertz CT molecular complexity index is 411. The average molecular weight is 247 g/mol. The van der Waals surface area contributed by atoms with Gasteiger partial charge in [-0.25, -0.2) is 0 Å². The van der Waals surface area contributed by atoms with Crippen molar-refractivity contribution in [2.45, 2.75) is 6.92 Å². The molecule has 2 rings (SSSR count). The molecule has 0 atom stereocenters. The molecule has 0 bridgehead atoms. The minimum absolute atomic E-state index is 0.196. The van der Waals surface area contributed by atoms with Crippen molar-refractivity contribution in [3.63, 3.8) is 0 Å². The summed E-state index contributed by atoms with van der Waals surface area (Å²) in [5.41, 5.74) is 2.54. The number of amides is 1. The second-order valence-corrected chi connectivity index (χ2v) is 4.74. The van der Waals surface area contributed by atoms with Gasteiger partial charge in [0.2, 0.25) is 5.91 Å². The van der Waals surface area contributed by atoms with Crippen LogP contribution in [0.3, 0.4) is 0 Å². The van der Waals surface area contributed by atoms with Crippen LogP contribution in [0.25, 0.3) is 0 Å². The highest BCUT2D eigenvalue weighted by atomic mass is 16.2. The van der Waals surface area contributed by atoms with Crippen molar-refractivity contribution in [1.82, 2.24) is 10.2 Å². The second-order valence-electron chi connectivity index (χ2n) is 4.74. The zero-order chi connectivity index (χ0) is 13.0. The standard InChI is InChI=1S/C14H21N3O/c1-12-4-3-5-13(10-12)16-6-8-17(9-7-16)14(18)11-15-2/h3-5,10,15H,6-9,11H2,1-2H3. The molecule has 0 saturated carbocycles. The molecule has 0 spiro atoms. The lowest BCUT2D eigenvalue weighted by Gasteiger charge is -2.36. The van der Waals surface area contributed by atoms with Gasteiger partial charge in [-0.2, -0.15) is 0 Å². The maximum Gasteiger partial charge on any atom is 0.236 e. The molecule has 1 aromatic rings. The van der Waals surface area contributed by atoms with Gasteiger partial charge in [-0.1, -0.05) is 12.1 Å². The number of likely N-dealkylation sites (N-methyl/N-ethyl adjacent to an activating group) is 1. The number of aryl methyl sites for hydroxylation is 1. The molecule has 4 heteroatoms. The van der Waals surface area contributed by atoms with Crippen molar-refractivity contribution in [1.29, 1.82) is 0 Å². The molecule has 0 unspecified atom stereocenters. The van der Waals surface area contributed by atoms with E-state index in [2.05, 4.69) is 41.4 Å². The number of anilines is 1. The van der Waals surface area contributed by atoms with Gasteiger partial charge in [0.25, 0.3) is 0 Å². The molecule has 1 saturated heterocycles. The Hall–Kier alpha value is -1.55. The van der Waals surface area contributed by atoms with E-state index in [1.54, 1.807) is 7.05 Å². The third-order valence-corrected chi connectivity index (χ3v) is 3.33. The van der Waals surface area contributed by atoms with Gasteiger partial charge >= 0.3 is 0 Å². The van der Waals surface area contributed by atoms with Gasteiger partial charge in [0.05, 0.1) is 6.54 Å². The highest BCUT2D eigenvalue weighted by Gasteiger charge is 2.20. The summed E-state index contributed by atoms with van der Waals surface area (Å²) < 4.78 is 0. The van der Waals surface area contributed by atoms with E-state index in [-0.39, 0.29) is 5.91 Å². The van der Waals surface area contributed by atoms with Gasteiger partial charge < -0.3 is 15.1 Å². The van der Waals surface area contributed by atoms with Crippen molar-refractivity contribution in [3.8, 4) is 0 Å². The topological polar surface area (TPSA) is 35.6 Å². The van der Waals surface area contributed by atoms with Crippen molar-refractivity contribution >= 4 is 11.6 Å². The van der Waals surface area contributed by atoms with Gasteiger partial charge in [0.15, 0.2) is 0 Å². The van der Waals surface area contributed by atoms with Crippen LogP contribution in [-0.4, -0.2) is 50.6 Å². The van der Waals surface area contributed by atoms with Crippen molar-refractivity contribution in [3.05, 3.63) is 29.8 Å². The predicted molar refractivity (Wildman–Crippen MR) is 73.9 cm³/mol. The van der Waals surface area contributed by atoms with Crippen LogP contribution in [-0.2, 0) is 4.79 Å². The van der Waals surface area contributed by atoms with Gasteiger partial charge in [0, 0.05) is 31.9 Å². The Morgan fingerprint density at radius 2 is 2.00 bits per heavy atom. The molecule has 1 heterocycles. The molecule has 18 heavy (non-hydrogen) atoms. The van der Waals surface area contributed by atoms with Crippen molar-refractivity contribution in [2.24, 2.45) is 0 Å². The van der Waals surface area contributed by atoms with E-state index in [1.165, 1.54) is 11.3 Å². The van der Waals surface area contributed by atoms with Crippen LogP contribution in [0.1, 0.15) is 5.56 Å². The summed E-state index contributed by atoms with van der Waals surface area (Å²) in [5, 5.41) is 2.91. The number of piperazine rings is 1. The molecular formula is C14H21N3O. The summed E-state index contributed by atoms with van der Waals surface area (Å²) in [7, 11) is 1.81. The minimum Gasteiger partial charge on any atom is -0.368 e. The van der Waals surface area contributed by atoms with E-state index in [0.29, 0.717) is 6.54 Å². The van der Waals surface area contributed by atoms with Crippen LogP contribution in [0.5, 0.6) is 0 Å². The highest BCUT2D eigenvalue weighted by molar-refractivity contribution is 5.78. The van der Waals surface area contributed by atoms with E-state index in [4.69, 9.17) is 0 Å². The number of hydrogen-bond donors (Lipinski definition) is 1. The number of carbonyl (C=O) groups is 1. The van der Waals surface area contributed by atoms with Gasteiger partial charge in [-0.3, -0.25) is 4.79 Å². The van der Waals surface area contributed by atoms with Crippen LogP contribution in [0, 0.1) is 6.92 Å². The lowest BCUT2D eigenvalue weighted by molar-refractivity contribution is -0.130. The number of rotatable bonds is 3. The normalized spacial score (nSPS) is 15.9.